The fourth-order valence-corrected chi connectivity index (χ4v) is 6.79. The summed E-state index contributed by atoms with van der Waals surface area (Å²) in [6.07, 6.45) is 0.487. The van der Waals surface area contributed by atoms with Crippen molar-refractivity contribution in [1.29, 1.82) is 0 Å². The molecule has 0 bridgehead atoms. The number of amides is 1. The van der Waals surface area contributed by atoms with Gasteiger partial charge in [0.05, 0.1) is 11.3 Å². The van der Waals surface area contributed by atoms with E-state index in [9.17, 15) is 23.4 Å². The van der Waals surface area contributed by atoms with Gasteiger partial charge >= 0.3 is 0 Å². The van der Waals surface area contributed by atoms with Gasteiger partial charge in [-0.2, -0.15) is 0 Å². The van der Waals surface area contributed by atoms with Gasteiger partial charge in [0.2, 0.25) is 5.91 Å². The second kappa shape index (κ2) is 9.67. The minimum Gasteiger partial charge on any atom is -0.388 e. The Kier molecular flexibility index (Phi) is 6.54. The molecule has 14 heteroatoms. The van der Waals surface area contributed by atoms with Gasteiger partial charge in [0, 0.05) is 31.5 Å². The Morgan fingerprint density at radius 3 is 2.59 bits per heavy atom. The van der Waals surface area contributed by atoms with Crippen LogP contribution >= 0.6 is 11.6 Å². The number of aromatic nitrogens is 5. The number of nitrogens with zero attached hydrogens (tertiary/aromatic N) is 5. The first kappa shape index (κ1) is 25.0. The molecule has 1 aromatic carbocycles. The molecule has 5 rings (SSSR count). The van der Waals surface area contributed by atoms with Crippen molar-refractivity contribution in [2.45, 2.75) is 29.4 Å². The van der Waals surface area contributed by atoms with Crippen LogP contribution in [0.25, 0.3) is 22.6 Å². The first-order chi connectivity index (χ1) is 17.7. The number of nitrogens with one attached hydrogen (secondary N) is 2. The molecule has 4 atom stereocenters. The number of hydrogen-bond acceptors (Lipinski definition) is 10. The van der Waals surface area contributed by atoms with Crippen LogP contribution in [0.15, 0.2) is 55.1 Å². The number of sulfone groups is 1. The number of aliphatic hydroxyl groups excluding tert-OH is 2. The molecular weight excluding hydrogens is 522 g/mol. The molecule has 0 spiro atoms. The lowest BCUT2D eigenvalue weighted by Crippen LogP contribution is -2.43. The van der Waals surface area contributed by atoms with E-state index < -0.39 is 38.6 Å². The molecule has 0 aliphatic carbocycles. The second-order valence-corrected chi connectivity index (χ2v) is 11.1. The Morgan fingerprint density at radius 2 is 1.89 bits per heavy atom. The summed E-state index contributed by atoms with van der Waals surface area (Å²) in [5.74, 6) is -0.451. The number of imidazole rings is 1. The highest BCUT2D eigenvalue weighted by molar-refractivity contribution is 7.93. The molecule has 192 valence electrons. The quantitative estimate of drug-likeness (QED) is 0.274. The van der Waals surface area contributed by atoms with E-state index in [4.69, 9.17) is 11.6 Å². The largest absolute Gasteiger partial charge is 0.388 e. The molecule has 0 unspecified atom stereocenters. The van der Waals surface area contributed by atoms with Crippen molar-refractivity contribution < 1.29 is 23.4 Å². The third-order valence-electron chi connectivity index (χ3n) is 6.11. The van der Waals surface area contributed by atoms with Gasteiger partial charge in [-0.25, -0.2) is 23.4 Å². The van der Waals surface area contributed by atoms with Gasteiger partial charge in [-0.05, 0) is 11.6 Å². The van der Waals surface area contributed by atoms with E-state index in [0.29, 0.717) is 22.9 Å². The average molecular weight is 544 g/mol. The van der Waals surface area contributed by atoms with Crippen LogP contribution in [0.3, 0.4) is 0 Å². The van der Waals surface area contributed by atoms with Crippen LogP contribution in [0, 0.1) is 0 Å². The molecule has 12 nitrogen and oxygen atoms in total. The molecule has 1 amide bonds. The normalized spacial score (nSPS) is 22.7. The Labute approximate surface area is 216 Å². The van der Waals surface area contributed by atoms with Gasteiger partial charge in [-0.15, -0.1) is 0 Å². The van der Waals surface area contributed by atoms with Gasteiger partial charge in [-0.1, -0.05) is 41.9 Å². The van der Waals surface area contributed by atoms with E-state index in [0.717, 1.165) is 10.1 Å². The van der Waals surface area contributed by atoms with Crippen molar-refractivity contribution in [3.8, 4) is 11.4 Å². The molecule has 1 aliphatic rings. The summed E-state index contributed by atoms with van der Waals surface area (Å²) in [6, 6.07) is 11.1. The third kappa shape index (κ3) is 4.39. The molecule has 0 radical (unpaired) electrons. The molecular formula is C23H22ClN7O5S. The summed E-state index contributed by atoms with van der Waals surface area (Å²) in [5, 5.41) is 23.4. The maximum absolute atomic E-state index is 13.3. The van der Waals surface area contributed by atoms with Gasteiger partial charge in [0.1, 0.15) is 12.2 Å². The number of aliphatic hydroxyl groups is 2. The Balaban J connectivity index is 1.66. The van der Waals surface area contributed by atoms with Gasteiger partial charge < -0.3 is 20.8 Å². The maximum Gasteiger partial charge on any atom is 0.240 e. The number of carbonyl (C=O) groups excluding carboxylic acids is 1. The van der Waals surface area contributed by atoms with Crippen molar-refractivity contribution >= 4 is 44.3 Å². The molecule has 4 aromatic rings. The fraction of sp³-hybridized carbons (Fsp3) is 0.261. The fourth-order valence-electron chi connectivity index (χ4n) is 4.33. The van der Waals surface area contributed by atoms with Crippen LogP contribution in [-0.2, 0) is 21.2 Å². The molecule has 0 saturated carbocycles. The molecule has 1 saturated heterocycles. The van der Waals surface area contributed by atoms with Crippen LogP contribution in [0.1, 0.15) is 10.9 Å². The van der Waals surface area contributed by atoms with E-state index in [-0.39, 0.29) is 17.0 Å². The van der Waals surface area contributed by atoms with Crippen molar-refractivity contribution in [3.63, 3.8) is 0 Å². The van der Waals surface area contributed by atoms with Crippen LogP contribution in [-0.4, -0.2) is 73.5 Å². The average Bonchev–Trinajstić information content (AvgIpc) is 3.37. The number of benzene rings is 1. The minimum absolute atomic E-state index is 0.0675. The number of halogens is 1. The van der Waals surface area contributed by atoms with Gasteiger partial charge in [-0.3, -0.25) is 14.3 Å². The zero-order chi connectivity index (χ0) is 26.3. The van der Waals surface area contributed by atoms with E-state index in [1.807, 2.05) is 30.3 Å². The summed E-state index contributed by atoms with van der Waals surface area (Å²) in [5.41, 5.74) is 1.72. The SMILES string of the molecule is CNC(=O)[C@@H]1[C@@H](O)[C@@H](O)[C@H](n2cnc3c(NCc4ccccc4)nc(-c4cncc(Cl)c4)nc32)S1(=O)=O. The monoisotopic (exact) mass is 543 g/mol. The summed E-state index contributed by atoms with van der Waals surface area (Å²) < 4.78 is 27.8. The van der Waals surface area contributed by atoms with E-state index in [1.165, 1.54) is 25.8 Å². The lowest BCUT2D eigenvalue weighted by molar-refractivity contribution is -0.123. The number of fused-ring (bicyclic) bond motifs is 1. The van der Waals surface area contributed by atoms with Crippen molar-refractivity contribution in [2.24, 2.45) is 0 Å². The first-order valence-electron chi connectivity index (χ1n) is 11.2. The predicted molar refractivity (Wildman–Crippen MR) is 135 cm³/mol. The molecule has 1 fully saturated rings. The summed E-state index contributed by atoms with van der Waals surface area (Å²) in [4.78, 5) is 29.7. The molecule has 1 aliphatic heterocycles. The lowest BCUT2D eigenvalue weighted by atomic mass is 10.1. The topological polar surface area (TPSA) is 172 Å². The summed E-state index contributed by atoms with van der Waals surface area (Å²) in [6.45, 7) is 0.384. The Morgan fingerprint density at radius 1 is 1.14 bits per heavy atom. The molecule has 4 heterocycles. The second-order valence-electron chi connectivity index (χ2n) is 8.45. The van der Waals surface area contributed by atoms with E-state index >= 15 is 0 Å². The minimum atomic E-state index is -4.41. The van der Waals surface area contributed by atoms with Crippen LogP contribution in [0.4, 0.5) is 5.82 Å². The summed E-state index contributed by atoms with van der Waals surface area (Å²) >= 11 is 6.11. The highest BCUT2D eigenvalue weighted by Gasteiger charge is 2.58. The van der Waals surface area contributed by atoms with Crippen LogP contribution in [0.5, 0.6) is 0 Å². The third-order valence-corrected chi connectivity index (χ3v) is 8.70. The van der Waals surface area contributed by atoms with Crippen molar-refractivity contribution in [1.82, 2.24) is 29.8 Å². The highest BCUT2D eigenvalue weighted by atomic mass is 35.5. The van der Waals surface area contributed by atoms with E-state index in [2.05, 4.69) is 30.6 Å². The maximum atomic E-state index is 13.3. The van der Waals surface area contributed by atoms with Gasteiger partial charge in [0.15, 0.2) is 43.3 Å². The lowest BCUT2D eigenvalue weighted by Gasteiger charge is -2.17. The van der Waals surface area contributed by atoms with Crippen molar-refractivity contribution in [2.75, 3.05) is 12.4 Å². The number of rotatable bonds is 6. The van der Waals surface area contributed by atoms with Crippen molar-refractivity contribution in [3.05, 3.63) is 65.7 Å². The smallest absolute Gasteiger partial charge is 0.240 e. The predicted octanol–water partition coefficient (Wildman–Crippen LogP) is 0.917. The van der Waals surface area contributed by atoms with Crippen LogP contribution in [0.2, 0.25) is 5.02 Å². The number of hydrogen-bond donors (Lipinski definition) is 4. The molecule has 37 heavy (non-hydrogen) atoms. The Bertz CT molecular complexity index is 1580. The first-order valence-corrected chi connectivity index (χ1v) is 13.1. The van der Waals surface area contributed by atoms with Crippen LogP contribution < -0.4 is 10.6 Å². The Hall–Kier alpha value is -3.65. The molecule has 3 aromatic heterocycles. The zero-order valence-electron chi connectivity index (χ0n) is 19.4. The molecule has 4 N–H and O–H groups in total. The number of anilines is 1. The number of pyridine rings is 1. The van der Waals surface area contributed by atoms with E-state index in [1.54, 1.807) is 6.07 Å². The standard InChI is InChI=1S/C23H22ClN7O5S/c1-25-22(34)18-16(32)17(33)23(37(18,35)36)31-11-28-15-20(27-8-12-5-3-2-4-6-12)29-19(30-21(15)31)13-7-14(24)10-26-9-13/h2-7,9-11,16-18,23,32-33H,8H2,1H3,(H,25,34)(H,27,29,30)/t16-,17+,18-,23+/m0/s1. The number of carbonyl (C=O) groups is 1. The van der Waals surface area contributed by atoms with Gasteiger partial charge in [0.25, 0.3) is 0 Å². The summed E-state index contributed by atoms with van der Waals surface area (Å²) in [7, 11) is -3.16. The highest BCUT2D eigenvalue weighted by Crippen LogP contribution is 2.38. The zero-order valence-corrected chi connectivity index (χ0v) is 20.9.